The Balaban J connectivity index is 0.00000312. The zero-order valence-corrected chi connectivity index (χ0v) is 16.3. The fourth-order valence-electron chi connectivity index (χ4n) is 2.39. The minimum atomic E-state index is -0.0620. The summed E-state index contributed by atoms with van der Waals surface area (Å²) in [6, 6.07) is 12.1. The number of amides is 1. The quantitative estimate of drug-likeness (QED) is 0.738. The number of rotatable bonds is 7. The number of benzene rings is 1. The molecule has 0 unspecified atom stereocenters. The number of halogens is 1. The van der Waals surface area contributed by atoms with Gasteiger partial charge in [0.1, 0.15) is 5.82 Å². The molecule has 25 heavy (non-hydrogen) atoms. The van der Waals surface area contributed by atoms with Gasteiger partial charge in [-0.2, -0.15) is 5.10 Å². The van der Waals surface area contributed by atoms with Crippen LogP contribution >= 0.6 is 12.4 Å². The van der Waals surface area contributed by atoms with E-state index >= 15 is 0 Å². The maximum absolute atomic E-state index is 12.2. The molecule has 0 spiro atoms. The molecular weight excluding hydrogens is 336 g/mol. The fraction of sp³-hybridized carbons (Fsp3) is 0.474. The molecule has 5 nitrogen and oxygen atoms in total. The zero-order chi connectivity index (χ0) is 17.6. The average Bonchev–Trinajstić information content (AvgIpc) is 2.91. The van der Waals surface area contributed by atoms with Crippen molar-refractivity contribution in [3.05, 3.63) is 47.7 Å². The highest BCUT2D eigenvalue weighted by atomic mass is 35.5. The Morgan fingerprint density at radius 2 is 1.88 bits per heavy atom. The fourth-order valence-corrected chi connectivity index (χ4v) is 2.39. The maximum Gasteiger partial charge on any atom is 0.225 e. The van der Waals surface area contributed by atoms with Crippen molar-refractivity contribution in [3.63, 3.8) is 0 Å². The maximum atomic E-state index is 12.2. The summed E-state index contributed by atoms with van der Waals surface area (Å²) in [4.78, 5) is 12.2. The molecule has 2 N–H and O–H groups in total. The van der Waals surface area contributed by atoms with Crippen molar-refractivity contribution < 1.29 is 4.79 Å². The van der Waals surface area contributed by atoms with Crippen LogP contribution in [0.25, 0.3) is 0 Å². The second-order valence-corrected chi connectivity index (χ2v) is 7.06. The molecule has 2 rings (SSSR count). The largest absolute Gasteiger partial charge is 0.320 e. The van der Waals surface area contributed by atoms with Crippen LogP contribution < -0.4 is 10.6 Å². The molecule has 0 saturated carbocycles. The van der Waals surface area contributed by atoms with Gasteiger partial charge in [-0.1, -0.05) is 51.1 Å². The highest BCUT2D eigenvalue weighted by Gasteiger charge is 2.20. The Bertz CT molecular complexity index is 662. The lowest BCUT2D eigenvalue weighted by Crippen LogP contribution is -2.18. The minimum Gasteiger partial charge on any atom is -0.320 e. The molecule has 1 aromatic carbocycles. The van der Waals surface area contributed by atoms with Crippen LogP contribution in [0.3, 0.4) is 0 Å². The van der Waals surface area contributed by atoms with Crippen LogP contribution in [0.4, 0.5) is 5.82 Å². The van der Waals surface area contributed by atoms with Gasteiger partial charge in [0.25, 0.3) is 0 Å². The summed E-state index contributed by atoms with van der Waals surface area (Å²) in [7, 11) is 1.89. The highest BCUT2D eigenvalue weighted by molar-refractivity contribution is 5.89. The molecule has 1 aromatic heterocycles. The van der Waals surface area contributed by atoms with Crippen LogP contribution in [0, 0.1) is 0 Å². The third-order valence-corrected chi connectivity index (χ3v) is 3.82. The molecule has 1 heterocycles. The molecule has 0 aliphatic rings. The predicted molar refractivity (Wildman–Crippen MR) is 106 cm³/mol. The van der Waals surface area contributed by atoms with Gasteiger partial charge in [0.2, 0.25) is 5.91 Å². The van der Waals surface area contributed by atoms with Crippen molar-refractivity contribution in [2.24, 2.45) is 0 Å². The molecule has 0 radical (unpaired) electrons. The molecule has 2 aromatic rings. The topological polar surface area (TPSA) is 59.0 Å². The van der Waals surface area contributed by atoms with E-state index in [1.165, 1.54) is 0 Å². The van der Waals surface area contributed by atoms with Gasteiger partial charge in [-0.25, -0.2) is 4.68 Å². The first kappa shape index (κ1) is 21.2. The highest BCUT2D eigenvalue weighted by Crippen LogP contribution is 2.24. The summed E-state index contributed by atoms with van der Waals surface area (Å²) in [5.74, 6) is 0.790. The number of nitrogens with zero attached hydrogens (tertiary/aromatic N) is 2. The number of hydrogen-bond acceptors (Lipinski definition) is 3. The lowest BCUT2D eigenvalue weighted by atomic mass is 9.92. The third kappa shape index (κ3) is 6.52. The van der Waals surface area contributed by atoms with Crippen molar-refractivity contribution in [2.45, 2.75) is 45.6 Å². The van der Waals surface area contributed by atoms with Crippen molar-refractivity contribution in [2.75, 3.05) is 18.9 Å². The molecular formula is C19H29ClN4O. The minimum absolute atomic E-state index is 0. The molecule has 0 aliphatic heterocycles. The first-order valence-electron chi connectivity index (χ1n) is 8.47. The van der Waals surface area contributed by atoms with Crippen LogP contribution in [0.15, 0.2) is 36.4 Å². The molecule has 6 heteroatoms. The van der Waals surface area contributed by atoms with E-state index in [9.17, 15) is 4.79 Å². The van der Waals surface area contributed by atoms with Crippen molar-refractivity contribution in [3.8, 4) is 0 Å². The number of aromatic nitrogens is 2. The second-order valence-electron chi connectivity index (χ2n) is 7.06. The van der Waals surface area contributed by atoms with Crippen LogP contribution in [-0.4, -0.2) is 29.3 Å². The lowest BCUT2D eigenvalue weighted by molar-refractivity contribution is -0.116. The van der Waals surface area contributed by atoms with E-state index in [0.29, 0.717) is 13.0 Å². The number of carbonyl (C=O) groups excluding carboxylic acids is 1. The van der Waals surface area contributed by atoms with E-state index in [-0.39, 0.29) is 23.7 Å². The number of carbonyl (C=O) groups is 1. The standard InChI is InChI=1S/C19H28N4O.ClH/c1-19(2,3)16-13-17(21-18(24)11-8-12-20-4)23(22-16)14-15-9-6-5-7-10-15;/h5-7,9-10,13,20H,8,11-12,14H2,1-4H3,(H,21,24);1H. The molecule has 0 atom stereocenters. The number of nitrogens with one attached hydrogen (secondary N) is 2. The molecule has 0 fully saturated rings. The smallest absolute Gasteiger partial charge is 0.225 e. The van der Waals surface area contributed by atoms with Gasteiger partial charge in [-0.05, 0) is 25.6 Å². The molecule has 1 amide bonds. The van der Waals surface area contributed by atoms with Gasteiger partial charge in [0, 0.05) is 17.9 Å². The Morgan fingerprint density at radius 1 is 1.20 bits per heavy atom. The van der Waals surface area contributed by atoms with Crippen molar-refractivity contribution in [1.29, 1.82) is 0 Å². The number of hydrogen-bond donors (Lipinski definition) is 2. The summed E-state index contributed by atoms with van der Waals surface area (Å²) in [5.41, 5.74) is 2.07. The summed E-state index contributed by atoms with van der Waals surface area (Å²) in [6.07, 6.45) is 1.32. The van der Waals surface area contributed by atoms with Gasteiger partial charge in [0.15, 0.2) is 0 Å². The second kappa shape index (κ2) is 9.59. The summed E-state index contributed by atoms with van der Waals surface area (Å²) >= 11 is 0. The van der Waals surface area contributed by atoms with Gasteiger partial charge >= 0.3 is 0 Å². The van der Waals surface area contributed by atoms with E-state index in [0.717, 1.165) is 30.0 Å². The van der Waals surface area contributed by atoms with E-state index < -0.39 is 0 Å². The summed E-state index contributed by atoms with van der Waals surface area (Å²) in [5, 5.41) is 10.8. The number of anilines is 1. The Labute approximate surface area is 156 Å². The van der Waals surface area contributed by atoms with Gasteiger partial charge in [-0.3, -0.25) is 4.79 Å². The first-order chi connectivity index (χ1) is 11.4. The SMILES string of the molecule is CNCCCC(=O)Nc1cc(C(C)(C)C)nn1Cc1ccccc1.Cl. The van der Waals surface area contributed by atoms with E-state index in [4.69, 9.17) is 5.10 Å². The molecule has 0 aliphatic carbocycles. The van der Waals surface area contributed by atoms with Crippen LogP contribution in [-0.2, 0) is 16.8 Å². The summed E-state index contributed by atoms with van der Waals surface area (Å²) < 4.78 is 1.88. The van der Waals surface area contributed by atoms with E-state index in [1.807, 2.05) is 36.0 Å². The summed E-state index contributed by atoms with van der Waals surface area (Å²) in [6.45, 7) is 7.86. The Kier molecular flexibility index (Phi) is 8.13. The van der Waals surface area contributed by atoms with Crippen LogP contribution in [0.5, 0.6) is 0 Å². The van der Waals surface area contributed by atoms with Crippen molar-refractivity contribution in [1.82, 2.24) is 15.1 Å². The van der Waals surface area contributed by atoms with E-state index in [2.05, 4.69) is 43.5 Å². The van der Waals surface area contributed by atoms with Gasteiger partial charge in [-0.15, -0.1) is 12.4 Å². The van der Waals surface area contributed by atoms with Gasteiger partial charge in [0.05, 0.1) is 12.2 Å². The average molecular weight is 365 g/mol. The van der Waals surface area contributed by atoms with Crippen molar-refractivity contribution >= 4 is 24.1 Å². The van der Waals surface area contributed by atoms with Gasteiger partial charge < -0.3 is 10.6 Å². The molecule has 0 bridgehead atoms. The van der Waals surface area contributed by atoms with Crippen LogP contribution in [0.2, 0.25) is 0 Å². The first-order valence-corrected chi connectivity index (χ1v) is 8.47. The normalized spacial score (nSPS) is 11.0. The van der Waals surface area contributed by atoms with Crippen LogP contribution in [0.1, 0.15) is 44.9 Å². The van der Waals surface area contributed by atoms with E-state index in [1.54, 1.807) is 0 Å². The Hall–Kier alpha value is -1.85. The Morgan fingerprint density at radius 3 is 2.48 bits per heavy atom. The lowest BCUT2D eigenvalue weighted by Gasteiger charge is -2.14. The monoisotopic (exact) mass is 364 g/mol. The molecule has 0 saturated heterocycles. The predicted octanol–water partition coefficient (Wildman–Crippen LogP) is 3.59. The zero-order valence-electron chi connectivity index (χ0n) is 15.5. The third-order valence-electron chi connectivity index (χ3n) is 3.82. The molecule has 138 valence electrons.